The van der Waals surface area contributed by atoms with E-state index in [1.165, 1.54) is 5.39 Å². The van der Waals surface area contributed by atoms with Crippen LogP contribution in [0.2, 0.25) is 0 Å². The van der Waals surface area contributed by atoms with Crippen LogP contribution < -0.4 is 0 Å². The molecule has 156 valence electrons. The minimum absolute atomic E-state index is 0.729. The average molecular weight is 425 g/mol. The molecule has 0 radical (unpaired) electrons. The predicted molar refractivity (Wildman–Crippen MR) is 134 cm³/mol. The van der Waals surface area contributed by atoms with Crippen LogP contribution in [0.3, 0.4) is 0 Å². The molecule has 4 nitrogen and oxygen atoms in total. The normalized spacial score (nSPS) is 11.8. The van der Waals surface area contributed by atoms with Crippen LogP contribution in [0.15, 0.2) is 102 Å². The Labute approximate surface area is 189 Å². The summed E-state index contributed by atoms with van der Waals surface area (Å²) < 4.78 is 8.79. The lowest BCUT2D eigenvalue weighted by molar-refractivity contribution is 0.673. The molecule has 0 unspecified atom stereocenters. The van der Waals surface area contributed by atoms with Crippen LogP contribution >= 0.6 is 0 Å². The zero-order valence-corrected chi connectivity index (χ0v) is 18.0. The van der Waals surface area contributed by atoms with Crippen LogP contribution in [0.25, 0.3) is 61.0 Å². The number of nitrogens with zero attached hydrogens (tertiary/aromatic N) is 3. The Hall–Kier alpha value is -4.44. The highest BCUT2D eigenvalue weighted by Crippen LogP contribution is 2.40. The second kappa shape index (κ2) is 6.78. The molecular formula is C29H19N3O. The molecule has 3 aromatic heterocycles. The van der Waals surface area contributed by atoms with E-state index < -0.39 is 0 Å². The Balaban J connectivity index is 1.62. The predicted octanol–water partition coefficient (Wildman–Crippen LogP) is 7.45. The van der Waals surface area contributed by atoms with Gasteiger partial charge in [0.1, 0.15) is 11.2 Å². The number of aryl methyl sites for hydroxylation is 1. The highest BCUT2D eigenvalue weighted by molar-refractivity contribution is 6.17. The molecule has 0 bridgehead atoms. The van der Waals surface area contributed by atoms with Gasteiger partial charge in [0.05, 0.1) is 11.1 Å². The van der Waals surface area contributed by atoms with Gasteiger partial charge in [-0.15, -0.1) is 0 Å². The highest BCUT2D eigenvalue weighted by atomic mass is 16.3. The van der Waals surface area contributed by atoms with Crippen molar-refractivity contribution in [3.8, 4) is 17.1 Å². The summed E-state index contributed by atoms with van der Waals surface area (Å²) >= 11 is 0. The molecule has 33 heavy (non-hydrogen) atoms. The number of furan rings is 1. The zero-order chi connectivity index (χ0) is 21.9. The van der Waals surface area contributed by atoms with Gasteiger partial charge in [0.2, 0.25) is 0 Å². The van der Waals surface area contributed by atoms with Gasteiger partial charge in [0.25, 0.3) is 0 Å². The van der Waals surface area contributed by atoms with Crippen molar-refractivity contribution in [2.24, 2.45) is 0 Å². The fourth-order valence-electron chi connectivity index (χ4n) is 4.86. The third-order valence-electron chi connectivity index (χ3n) is 6.40. The molecule has 0 fully saturated rings. The van der Waals surface area contributed by atoms with Gasteiger partial charge >= 0.3 is 0 Å². The van der Waals surface area contributed by atoms with E-state index >= 15 is 0 Å². The van der Waals surface area contributed by atoms with Gasteiger partial charge in [-0.2, -0.15) is 0 Å². The lowest BCUT2D eigenvalue weighted by Gasteiger charge is -2.10. The molecule has 0 spiro atoms. The first-order valence-corrected chi connectivity index (χ1v) is 11.0. The largest absolute Gasteiger partial charge is 0.455 e. The van der Waals surface area contributed by atoms with Crippen molar-refractivity contribution in [1.82, 2.24) is 14.5 Å². The van der Waals surface area contributed by atoms with Crippen molar-refractivity contribution in [3.63, 3.8) is 0 Å². The summed E-state index contributed by atoms with van der Waals surface area (Å²) in [7, 11) is 0. The van der Waals surface area contributed by atoms with Crippen molar-refractivity contribution >= 4 is 43.9 Å². The monoisotopic (exact) mass is 425 g/mol. The molecule has 3 heterocycles. The number of imidazole rings is 1. The molecule has 0 saturated heterocycles. The fourth-order valence-corrected chi connectivity index (χ4v) is 4.86. The SMILES string of the molecule is Cc1ccnc2nc(-c3cccc4c3oc3c5ccccc5ccc43)n(-c3ccccc3)c12. The number of pyridine rings is 1. The van der Waals surface area contributed by atoms with E-state index in [2.05, 4.69) is 83.2 Å². The molecule has 4 aromatic carbocycles. The zero-order valence-electron chi connectivity index (χ0n) is 18.0. The van der Waals surface area contributed by atoms with Gasteiger partial charge in [-0.25, -0.2) is 9.97 Å². The van der Waals surface area contributed by atoms with E-state index in [4.69, 9.17) is 9.40 Å². The molecule has 0 aliphatic carbocycles. The smallest absolute Gasteiger partial charge is 0.178 e. The molecule has 4 heteroatoms. The van der Waals surface area contributed by atoms with E-state index in [9.17, 15) is 0 Å². The van der Waals surface area contributed by atoms with Crippen molar-refractivity contribution in [2.45, 2.75) is 6.92 Å². The van der Waals surface area contributed by atoms with Crippen LogP contribution in [0, 0.1) is 6.92 Å². The molecule has 7 aromatic rings. The van der Waals surface area contributed by atoms with E-state index in [1.807, 2.05) is 30.5 Å². The second-order valence-electron chi connectivity index (χ2n) is 8.35. The van der Waals surface area contributed by atoms with Crippen LogP contribution in [0.1, 0.15) is 5.56 Å². The topological polar surface area (TPSA) is 43.9 Å². The van der Waals surface area contributed by atoms with E-state index in [0.29, 0.717) is 0 Å². The minimum atomic E-state index is 0.729. The van der Waals surface area contributed by atoms with Crippen molar-refractivity contribution < 1.29 is 4.42 Å². The summed E-state index contributed by atoms with van der Waals surface area (Å²) in [6.07, 6.45) is 1.82. The highest BCUT2D eigenvalue weighted by Gasteiger charge is 2.21. The number of fused-ring (bicyclic) bond motifs is 6. The lowest BCUT2D eigenvalue weighted by atomic mass is 10.0. The first kappa shape index (κ1) is 18.2. The Bertz CT molecular complexity index is 1830. The molecule has 0 atom stereocenters. The maximum atomic E-state index is 6.59. The standard InChI is InChI=1S/C29H19N3O/c1-18-16-17-30-28-25(18)32(20-9-3-2-4-10-20)29(31-28)24-13-7-12-22-23-15-14-19-8-5-6-11-21(19)26(23)33-27(22)24/h2-17H,1H3. The Morgan fingerprint density at radius 3 is 2.39 bits per heavy atom. The number of hydrogen-bond acceptors (Lipinski definition) is 3. The molecular weight excluding hydrogens is 406 g/mol. The maximum absolute atomic E-state index is 6.59. The van der Waals surface area contributed by atoms with Crippen LogP contribution in [0.4, 0.5) is 0 Å². The summed E-state index contributed by atoms with van der Waals surface area (Å²) in [5.41, 5.74) is 6.62. The third-order valence-corrected chi connectivity index (χ3v) is 6.40. The van der Waals surface area contributed by atoms with Crippen LogP contribution in [0.5, 0.6) is 0 Å². The number of benzene rings is 4. The Morgan fingerprint density at radius 2 is 1.48 bits per heavy atom. The van der Waals surface area contributed by atoms with Crippen molar-refractivity contribution in [2.75, 3.05) is 0 Å². The molecule has 0 amide bonds. The van der Waals surface area contributed by atoms with E-state index in [-0.39, 0.29) is 0 Å². The van der Waals surface area contributed by atoms with E-state index in [1.54, 1.807) is 0 Å². The summed E-state index contributed by atoms with van der Waals surface area (Å²) in [5, 5.41) is 4.49. The summed E-state index contributed by atoms with van der Waals surface area (Å²) in [6, 6.07) is 31.3. The van der Waals surface area contributed by atoms with Gasteiger partial charge in [-0.3, -0.25) is 4.57 Å². The molecule has 0 aliphatic rings. The minimum Gasteiger partial charge on any atom is -0.455 e. The molecule has 0 saturated carbocycles. The third kappa shape index (κ3) is 2.58. The molecule has 0 aliphatic heterocycles. The van der Waals surface area contributed by atoms with Gasteiger partial charge < -0.3 is 4.42 Å². The lowest BCUT2D eigenvalue weighted by Crippen LogP contribution is -1.98. The number of rotatable bonds is 2. The number of aromatic nitrogens is 3. The number of hydrogen-bond donors (Lipinski definition) is 0. The van der Waals surface area contributed by atoms with Crippen LogP contribution in [-0.2, 0) is 0 Å². The maximum Gasteiger partial charge on any atom is 0.178 e. The quantitative estimate of drug-likeness (QED) is 0.289. The molecule has 0 N–H and O–H groups in total. The summed E-state index contributed by atoms with van der Waals surface area (Å²) in [5.74, 6) is 0.826. The van der Waals surface area contributed by atoms with Crippen molar-refractivity contribution in [3.05, 3.63) is 103 Å². The second-order valence-corrected chi connectivity index (χ2v) is 8.35. The van der Waals surface area contributed by atoms with Gasteiger partial charge in [0, 0.05) is 28.0 Å². The van der Waals surface area contributed by atoms with Gasteiger partial charge in [-0.05, 0) is 48.2 Å². The molecule has 7 rings (SSSR count). The number of para-hydroxylation sites is 2. The summed E-state index contributed by atoms with van der Waals surface area (Å²) in [6.45, 7) is 2.10. The Kier molecular flexibility index (Phi) is 3.73. The first-order chi connectivity index (χ1) is 16.3. The summed E-state index contributed by atoms with van der Waals surface area (Å²) in [4.78, 5) is 9.57. The first-order valence-electron chi connectivity index (χ1n) is 11.0. The Morgan fingerprint density at radius 1 is 0.697 bits per heavy atom. The van der Waals surface area contributed by atoms with Gasteiger partial charge in [0.15, 0.2) is 11.5 Å². The van der Waals surface area contributed by atoms with Gasteiger partial charge in [-0.1, -0.05) is 60.7 Å². The van der Waals surface area contributed by atoms with E-state index in [0.717, 1.165) is 61.1 Å². The van der Waals surface area contributed by atoms with Crippen molar-refractivity contribution in [1.29, 1.82) is 0 Å². The fraction of sp³-hybridized carbons (Fsp3) is 0.0345. The average Bonchev–Trinajstić information content (AvgIpc) is 3.44. The van der Waals surface area contributed by atoms with Crippen LogP contribution in [-0.4, -0.2) is 14.5 Å².